The van der Waals surface area contributed by atoms with Crippen molar-refractivity contribution < 1.29 is 19.1 Å². The summed E-state index contributed by atoms with van der Waals surface area (Å²) in [6, 6.07) is 15.9. The molecule has 0 spiro atoms. The normalized spacial score (nSPS) is 14.5. The highest BCUT2D eigenvalue weighted by molar-refractivity contribution is 6.21. The van der Waals surface area contributed by atoms with Crippen LogP contribution in [-0.2, 0) is 16.0 Å². The fourth-order valence-electron chi connectivity index (χ4n) is 3.03. The zero-order chi connectivity index (χ0) is 18.7. The summed E-state index contributed by atoms with van der Waals surface area (Å²) < 4.78 is 5.57. The second kappa shape index (κ2) is 7.52. The van der Waals surface area contributed by atoms with Crippen molar-refractivity contribution in [3.8, 4) is 0 Å². The highest BCUT2D eigenvalue weighted by Gasteiger charge is 2.41. The zero-order valence-corrected chi connectivity index (χ0v) is 14.8. The van der Waals surface area contributed by atoms with Crippen molar-refractivity contribution in [2.24, 2.45) is 5.92 Å². The number of hydrogen-bond donors (Lipinski definition) is 0. The van der Waals surface area contributed by atoms with Gasteiger partial charge in [-0.25, -0.2) is 4.90 Å². The molecule has 26 heavy (non-hydrogen) atoms. The summed E-state index contributed by atoms with van der Waals surface area (Å²) in [6.45, 7) is 3.91. The molecule has 5 heteroatoms. The number of fused-ring (bicyclic) bond motifs is 1. The molecular weight excluding hydrogens is 330 g/mol. The fourth-order valence-corrected chi connectivity index (χ4v) is 3.03. The third-order valence-electron chi connectivity index (χ3n) is 4.25. The molecule has 0 fully saturated rings. The van der Waals surface area contributed by atoms with Crippen LogP contribution >= 0.6 is 0 Å². The van der Waals surface area contributed by atoms with E-state index in [1.807, 2.05) is 44.2 Å². The Morgan fingerprint density at radius 1 is 0.923 bits per heavy atom. The summed E-state index contributed by atoms with van der Waals surface area (Å²) in [7, 11) is 0. The second-order valence-corrected chi connectivity index (χ2v) is 6.76. The molecule has 0 N–H and O–H groups in total. The highest BCUT2D eigenvalue weighted by atomic mass is 16.6. The average Bonchev–Trinajstić information content (AvgIpc) is 2.86. The first-order valence-corrected chi connectivity index (χ1v) is 8.67. The first-order chi connectivity index (χ1) is 12.5. The molecule has 3 rings (SSSR count). The summed E-state index contributed by atoms with van der Waals surface area (Å²) in [5.74, 6) is -1.14. The van der Waals surface area contributed by atoms with Crippen LogP contribution in [0.4, 0.5) is 0 Å². The maximum atomic E-state index is 12.7. The monoisotopic (exact) mass is 351 g/mol. The number of benzene rings is 2. The Morgan fingerprint density at radius 3 is 2.00 bits per heavy atom. The summed E-state index contributed by atoms with van der Waals surface area (Å²) in [4.78, 5) is 38.8. The third kappa shape index (κ3) is 3.67. The van der Waals surface area contributed by atoms with Gasteiger partial charge in [-0.15, -0.1) is 0 Å². The smallest absolute Gasteiger partial charge is 0.312 e. The van der Waals surface area contributed by atoms with Gasteiger partial charge in [0.2, 0.25) is 0 Å². The zero-order valence-electron chi connectivity index (χ0n) is 14.8. The summed E-state index contributed by atoms with van der Waals surface area (Å²) in [6.07, 6.45) is -0.413. The Morgan fingerprint density at radius 2 is 1.46 bits per heavy atom. The van der Waals surface area contributed by atoms with Gasteiger partial charge in [0.1, 0.15) is 0 Å². The van der Waals surface area contributed by atoms with Crippen molar-refractivity contribution in [3.63, 3.8) is 0 Å². The third-order valence-corrected chi connectivity index (χ3v) is 4.25. The van der Waals surface area contributed by atoms with Crippen LogP contribution < -0.4 is 0 Å². The van der Waals surface area contributed by atoms with E-state index in [-0.39, 0.29) is 12.3 Å². The minimum absolute atomic E-state index is 0.0958. The van der Waals surface area contributed by atoms with Gasteiger partial charge in [-0.3, -0.25) is 14.4 Å². The van der Waals surface area contributed by atoms with E-state index in [0.29, 0.717) is 17.5 Å². The number of carbonyl (C=O) groups is 3. The predicted octanol–water partition coefficient (Wildman–Crippen LogP) is 3.44. The molecule has 0 bridgehead atoms. The lowest BCUT2D eigenvalue weighted by Crippen LogP contribution is -2.43. The SMILES string of the molecule is CC(C)CC(OC(=O)Cc1ccccc1)N1C(=O)c2ccccc2C1=O. The molecule has 1 unspecified atom stereocenters. The number of imide groups is 1. The van der Waals surface area contributed by atoms with Crippen molar-refractivity contribution >= 4 is 17.8 Å². The largest absolute Gasteiger partial charge is 0.441 e. The number of carbonyl (C=O) groups excluding carboxylic acids is 3. The number of rotatable bonds is 6. The van der Waals surface area contributed by atoms with Gasteiger partial charge in [0.15, 0.2) is 6.23 Å². The number of nitrogens with zero attached hydrogens (tertiary/aromatic N) is 1. The summed E-state index contributed by atoms with van der Waals surface area (Å²) in [5, 5.41) is 0. The van der Waals surface area contributed by atoms with Crippen LogP contribution in [0.2, 0.25) is 0 Å². The van der Waals surface area contributed by atoms with Gasteiger partial charge in [0.25, 0.3) is 11.8 Å². The van der Waals surface area contributed by atoms with Gasteiger partial charge < -0.3 is 4.74 Å². The molecular formula is C21H21NO4. The molecule has 2 aromatic rings. The molecule has 0 saturated heterocycles. The van der Waals surface area contributed by atoms with E-state index in [9.17, 15) is 14.4 Å². The predicted molar refractivity (Wildman–Crippen MR) is 96.4 cm³/mol. The molecule has 0 aromatic heterocycles. The molecule has 1 heterocycles. The Labute approximate surface area is 152 Å². The van der Waals surface area contributed by atoms with E-state index in [1.165, 1.54) is 0 Å². The van der Waals surface area contributed by atoms with Crippen LogP contribution in [-0.4, -0.2) is 28.9 Å². The first-order valence-electron chi connectivity index (χ1n) is 8.67. The van der Waals surface area contributed by atoms with E-state index in [4.69, 9.17) is 4.74 Å². The van der Waals surface area contributed by atoms with Crippen molar-refractivity contribution in [2.45, 2.75) is 32.9 Å². The summed E-state index contributed by atoms with van der Waals surface area (Å²) >= 11 is 0. The minimum Gasteiger partial charge on any atom is -0.441 e. The molecule has 0 aliphatic carbocycles. The maximum Gasteiger partial charge on any atom is 0.312 e. The molecule has 2 aromatic carbocycles. The standard InChI is InChI=1S/C21H21NO4/c1-14(2)12-18(26-19(23)13-15-8-4-3-5-9-15)22-20(24)16-10-6-7-11-17(16)21(22)25/h3-11,14,18H,12-13H2,1-2H3. The van der Waals surface area contributed by atoms with Crippen molar-refractivity contribution in [1.82, 2.24) is 4.90 Å². The van der Waals surface area contributed by atoms with Crippen LogP contribution in [0, 0.1) is 5.92 Å². The van der Waals surface area contributed by atoms with Crippen molar-refractivity contribution in [1.29, 1.82) is 0 Å². The minimum atomic E-state index is -0.904. The number of amides is 2. The van der Waals surface area contributed by atoms with Gasteiger partial charge in [-0.2, -0.15) is 0 Å². The van der Waals surface area contributed by atoms with E-state index < -0.39 is 24.0 Å². The highest BCUT2D eigenvalue weighted by Crippen LogP contribution is 2.27. The molecule has 5 nitrogen and oxygen atoms in total. The number of hydrogen-bond acceptors (Lipinski definition) is 4. The molecule has 1 aliphatic rings. The van der Waals surface area contributed by atoms with Crippen LogP contribution in [0.15, 0.2) is 54.6 Å². The van der Waals surface area contributed by atoms with Crippen molar-refractivity contribution in [3.05, 3.63) is 71.3 Å². The first kappa shape index (κ1) is 17.9. The molecule has 0 saturated carbocycles. The van der Waals surface area contributed by atoms with Gasteiger partial charge in [-0.1, -0.05) is 56.3 Å². The lowest BCUT2D eigenvalue weighted by molar-refractivity contribution is -0.154. The van der Waals surface area contributed by atoms with E-state index in [2.05, 4.69) is 0 Å². The van der Waals surface area contributed by atoms with Crippen LogP contribution in [0.5, 0.6) is 0 Å². The van der Waals surface area contributed by atoms with E-state index >= 15 is 0 Å². The molecule has 1 aliphatic heterocycles. The number of ether oxygens (including phenoxy) is 1. The molecule has 134 valence electrons. The molecule has 1 atom stereocenters. The lowest BCUT2D eigenvalue weighted by Gasteiger charge is -2.27. The second-order valence-electron chi connectivity index (χ2n) is 6.76. The Balaban J connectivity index is 1.79. The fraction of sp³-hybridized carbons (Fsp3) is 0.286. The lowest BCUT2D eigenvalue weighted by atomic mass is 10.1. The van der Waals surface area contributed by atoms with Gasteiger partial charge in [0, 0.05) is 6.42 Å². The topological polar surface area (TPSA) is 63.7 Å². The molecule has 2 amide bonds. The quantitative estimate of drug-likeness (QED) is 0.591. The molecule has 0 radical (unpaired) electrons. The maximum absolute atomic E-state index is 12.7. The van der Waals surface area contributed by atoms with Crippen LogP contribution in [0.25, 0.3) is 0 Å². The average molecular weight is 351 g/mol. The van der Waals surface area contributed by atoms with Crippen LogP contribution in [0.1, 0.15) is 46.5 Å². The van der Waals surface area contributed by atoms with Gasteiger partial charge in [0.05, 0.1) is 17.5 Å². The summed E-state index contributed by atoms with van der Waals surface area (Å²) in [5.41, 5.74) is 1.53. The van der Waals surface area contributed by atoms with Gasteiger partial charge in [-0.05, 0) is 23.6 Å². The Hall–Kier alpha value is -2.95. The Bertz CT molecular complexity index is 794. The number of esters is 1. The Kier molecular flexibility index (Phi) is 5.16. The van der Waals surface area contributed by atoms with Gasteiger partial charge >= 0.3 is 5.97 Å². The van der Waals surface area contributed by atoms with E-state index in [0.717, 1.165) is 10.5 Å². The van der Waals surface area contributed by atoms with E-state index in [1.54, 1.807) is 24.3 Å². The van der Waals surface area contributed by atoms with Crippen LogP contribution in [0.3, 0.4) is 0 Å². The van der Waals surface area contributed by atoms with Crippen molar-refractivity contribution in [2.75, 3.05) is 0 Å².